The number of carbonyl (C=O) groups excluding carboxylic acids is 1. The molecule has 0 saturated carbocycles. The highest BCUT2D eigenvalue weighted by Gasteiger charge is 2.30. The average Bonchev–Trinajstić information content (AvgIpc) is 2.14. The Hall–Kier alpha value is -1.46. The number of isocyanates is 1. The van der Waals surface area contributed by atoms with Crippen LogP contribution in [0.3, 0.4) is 0 Å². The summed E-state index contributed by atoms with van der Waals surface area (Å²) in [5.41, 5.74) is 0. The number of rotatable bonds is 3. The van der Waals surface area contributed by atoms with Crippen LogP contribution in [0.2, 0.25) is 0 Å². The van der Waals surface area contributed by atoms with Gasteiger partial charge in [-0.05, 0) is 24.3 Å². The van der Waals surface area contributed by atoms with Crippen molar-refractivity contribution in [2.24, 2.45) is 4.40 Å². The fraction of sp³-hybridized carbons (Fsp3) is 0.125. The van der Waals surface area contributed by atoms with E-state index in [0.717, 1.165) is 24.1 Å². The van der Waals surface area contributed by atoms with Gasteiger partial charge in [-0.25, -0.2) is 4.79 Å². The number of alkyl halides is 3. The molecule has 0 N–H and O–H groups in total. The Bertz CT molecular complexity index is 370. The molecule has 0 spiro atoms. The minimum Gasteiger partial charge on any atom is -0.406 e. The largest absolute Gasteiger partial charge is 0.573 e. The van der Waals surface area contributed by atoms with E-state index in [0.29, 0.717) is 4.90 Å². The molecule has 7 heteroatoms. The highest BCUT2D eigenvalue weighted by atomic mass is 32.2. The van der Waals surface area contributed by atoms with Gasteiger partial charge in [0.05, 0.1) is 0 Å². The van der Waals surface area contributed by atoms with Gasteiger partial charge in [-0.2, -0.15) is 0 Å². The average molecular weight is 235 g/mol. The summed E-state index contributed by atoms with van der Waals surface area (Å²) in [4.78, 5) is 10.3. The van der Waals surface area contributed by atoms with E-state index in [1.54, 1.807) is 0 Å². The lowest BCUT2D eigenvalue weighted by molar-refractivity contribution is -0.274. The van der Waals surface area contributed by atoms with Crippen molar-refractivity contribution in [3.63, 3.8) is 0 Å². The normalized spacial score (nSPS) is 10.6. The summed E-state index contributed by atoms with van der Waals surface area (Å²) in [6.07, 6.45) is -3.40. The topological polar surface area (TPSA) is 38.7 Å². The Morgan fingerprint density at radius 1 is 1.27 bits per heavy atom. The first-order chi connectivity index (χ1) is 7.01. The molecule has 0 amide bonds. The minimum atomic E-state index is -4.70. The van der Waals surface area contributed by atoms with Crippen molar-refractivity contribution in [2.75, 3.05) is 0 Å². The maximum absolute atomic E-state index is 11.7. The van der Waals surface area contributed by atoms with Crippen molar-refractivity contribution in [3.8, 4) is 5.75 Å². The minimum absolute atomic E-state index is 0.318. The standard InChI is InChI=1S/C8H4F3NO2S/c9-8(10,11)14-6-1-3-7(4-2-6)15-12-5-13/h1-4H. The second-order valence-corrected chi connectivity index (χ2v) is 3.13. The smallest absolute Gasteiger partial charge is 0.406 e. The first kappa shape index (κ1) is 11.6. The Labute approximate surface area is 87.1 Å². The van der Waals surface area contributed by atoms with Gasteiger partial charge >= 0.3 is 6.36 Å². The van der Waals surface area contributed by atoms with Gasteiger partial charge in [-0.3, -0.25) is 0 Å². The summed E-state index contributed by atoms with van der Waals surface area (Å²) >= 11 is 0.812. The Morgan fingerprint density at radius 3 is 2.33 bits per heavy atom. The highest BCUT2D eigenvalue weighted by Crippen LogP contribution is 2.25. The maximum Gasteiger partial charge on any atom is 0.573 e. The molecule has 0 saturated heterocycles. The van der Waals surface area contributed by atoms with E-state index >= 15 is 0 Å². The van der Waals surface area contributed by atoms with E-state index in [2.05, 4.69) is 9.13 Å². The lowest BCUT2D eigenvalue weighted by Crippen LogP contribution is -2.16. The summed E-state index contributed by atoms with van der Waals surface area (Å²) in [7, 11) is 0. The van der Waals surface area contributed by atoms with Crippen LogP contribution in [0.25, 0.3) is 0 Å². The molecule has 0 bridgehead atoms. The molecule has 1 aromatic carbocycles. The van der Waals surface area contributed by atoms with E-state index < -0.39 is 6.36 Å². The molecule has 80 valence electrons. The molecular weight excluding hydrogens is 231 g/mol. The number of ether oxygens (including phenoxy) is 1. The summed E-state index contributed by atoms with van der Waals surface area (Å²) in [6.45, 7) is 0. The van der Waals surface area contributed by atoms with Crippen molar-refractivity contribution in [3.05, 3.63) is 24.3 Å². The lowest BCUT2D eigenvalue weighted by Gasteiger charge is -2.08. The third-order valence-electron chi connectivity index (χ3n) is 1.25. The van der Waals surface area contributed by atoms with Crippen LogP contribution in [0.1, 0.15) is 0 Å². The quantitative estimate of drug-likeness (QED) is 0.459. The number of benzene rings is 1. The molecule has 0 aliphatic heterocycles. The zero-order chi connectivity index (χ0) is 11.3. The van der Waals surface area contributed by atoms with E-state index in [1.165, 1.54) is 18.2 Å². The number of halogens is 3. The van der Waals surface area contributed by atoms with Gasteiger partial charge in [-0.15, -0.1) is 17.6 Å². The van der Waals surface area contributed by atoms with Crippen LogP contribution in [0.5, 0.6) is 5.75 Å². The van der Waals surface area contributed by atoms with E-state index in [9.17, 15) is 18.0 Å². The van der Waals surface area contributed by atoms with Crippen molar-refractivity contribution in [2.45, 2.75) is 11.3 Å². The predicted molar refractivity (Wildman–Crippen MR) is 47.1 cm³/mol. The molecule has 1 rings (SSSR count). The maximum atomic E-state index is 11.7. The fourth-order valence-corrected chi connectivity index (χ4v) is 1.17. The molecule has 0 aliphatic rings. The fourth-order valence-electron chi connectivity index (χ4n) is 0.774. The molecule has 0 atom stereocenters. The van der Waals surface area contributed by atoms with Crippen molar-refractivity contribution in [1.82, 2.24) is 0 Å². The summed E-state index contributed by atoms with van der Waals surface area (Å²) in [6, 6.07) is 4.98. The molecule has 0 radical (unpaired) electrons. The van der Waals surface area contributed by atoms with Gasteiger partial charge in [0.15, 0.2) is 0 Å². The molecular formula is C8H4F3NO2S. The van der Waals surface area contributed by atoms with Gasteiger partial charge in [-0.1, -0.05) is 0 Å². The zero-order valence-corrected chi connectivity index (χ0v) is 7.93. The molecule has 0 aromatic heterocycles. The van der Waals surface area contributed by atoms with Crippen LogP contribution < -0.4 is 4.74 Å². The molecule has 0 aliphatic carbocycles. The van der Waals surface area contributed by atoms with Crippen LogP contribution in [0, 0.1) is 0 Å². The molecule has 0 unspecified atom stereocenters. The van der Waals surface area contributed by atoms with Gasteiger partial charge in [0.1, 0.15) is 5.75 Å². The third kappa shape index (κ3) is 4.53. The first-order valence-electron chi connectivity index (χ1n) is 3.61. The van der Waals surface area contributed by atoms with Crippen LogP contribution in [-0.2, 0) is 4.79 Å². The predicted octanol–water partition coefficient (Wildman–Crippen LogP) is 2.93. The van der Waals surface area contributed by atoms with Crippen LogP contribution >= 0.6 is 11.9 Å². The van der Waals surface area contributed by atoms with Crippen molar-refractivity contribution < 1.29 is 22.7 Å². The van der Waals surface area contributed by atoms with Crippen LogP contribution in [0.15, 0.2) is 33.6 Å². The molecule has 3 nitrogen and oxygen atoms in total. The summed E-state index contributed by atoms with van der Waals surface area (Å²) in [5.74, 6) is -0.318. The summed E-state index contributed by atoms with van der Waals surface area (Å²) < 4.78 is 42.1. The Kier molecular flexibility index (Phi) is 3.76. The first-order valence-corrected chi connectivity index (χ1v) is 4.38. The monoisotopic (exact) mass is 235 g/mol. The number of hydrogen-bond acceptors (Lipinski definition) is 4. The lowest BCUT2D eigenvalue weighted by atomic mass is 10.3. The summed E-state index contributed by atoms with van der Waals surface area (Å²) in [5, 5.41) is 0. The van der Waals surface area contributed by atoms with Gasteiger partial charge in [0, 0.05) is 16.8 Å². The molecule has 15 heavy (non-hydrogen) atoms. The van der Waals surface area contributed by atoms with Crippen LogP contribution in [-0.4, -0.2) is 12.4 Å². The highest BCUT2D eigenvalue weighted by molar-refractivity contribution is 7.98. The van der Waals surface area contributed by atoms with Gasteiger partial charge < -0.3 is 4.74 Å². The van der Waals surface area contributed by atoms with Crippen molar-refractivity contribution in [1.29, 1.82) is 0 Å². The number of nitrogens with zero attached hydrogens (tertiary/aromatic N) is 1. The SMILES string of the molecule is O=C=NSc1ccc(OC(F)(F)F)cc1. The Balaban J connectivity index is 2.68. The number of hydrogen-bond donors (Lipinski definition) is 0. The van der Waals surface area contributed by atoms with Gasteiger partial charge in [0.2, 0.25) is 6.08 Å². The van der Waals surface area contributed by atoms with Crippen molar-refractivity contribution >= 4 is 18.0 Å². The van der Waals surface area contributed by atoms with E-state index in [-0.39, 0.29) is 5.75 Å². The molecule has 1 aromatic rings. The van der Waals surface area contributed by atoms with E-state index in [4.69, 9.17) is 0 Å². The molecule has 0 fully saturated rings. The third-order valence-corrected chi connectivity index (χ3v) is 1.89. The van der Waals surface area contributed by atoms with Crippen LogP contribution in [0.4, 0.5) is 13.2 Å². The second kappa shape index (κ2) is 4.86. The second-order valence-electron chi connectivity index (χ2n) is 2.29. The molecule has 0 heterocycles. The van der Waals surface area contributed by atoms with Gasteiger partial charge in [0.25, 0.3) is 0 Å². The zero-order valence-electron chi connectivity index (χ0n) is 7.12. The Morgan fingerprint density at radius 2 is 1.87 bits per heavy atom. The van der Waals surface area contributed by atoms with E-state index in [1.807, 2.05) is 0 Å².